The lowest BCUT2D eigenvalue weighted by Gasteiger charge is -2.17. The number of likely N-dealkylation sites (N-methyl/N-ethyl adjacent to an activating group) is 1. The average molecular weight is 420 g/mol. The molecule has 2 N–H and O–H groups in total. The van der Waals surface area contributed by atoms with Crippen molar-refractivity contribution in [2.24, 2.45) is 0 Å². The fourth-order valence-electron chi connectivity index (χ4n) is 2.56. The molecule has 0 bridgehead atoms. The maximum absolute atomic E-state index is 12.5. The molecule has 0 radical (unpaired) electrons. The minimum atomic E-state index is -3.81. The van der Waals surface area contributed by atoms with E-state index in [-0.39, 0.29) is 11.5 Å². The molecule has 0 aliphatic heterocycles. The third kappa shape index (κ3) is 6.58. The number of rotatable bonds is 7. The first-order valence-corrected chi connectivity index (χ1v) is 10.3. The first kappa shape index (κ1) is 22.4. The Bertz CT molecular complexity index is 967. The van der Waals surface area contributed by atoms with E-state index >= 15 is 0 Å². The number of amides is 2. The minimum absolute atomic E-state index is 0.0873. The number of hydrazine groups is 1. The molecule has 2 aromatic carbocycles. The topological polar surface area (TPSA) is 105 Å². The number of carbonyl (C=O) groups excluding carboxylic acids is 2. The van der Waals surface area contributed by atoms with Crippen LogP contribution in [0.15, 0.2) is 47.4 Å². The van der Waals surface area contributed by atoms with Gasteiger partial charge in [0, 0.05) is 7.05 Å². The van der Waals surface area contributed by atoms with Gasteiger partial charge < -0.3 is 4.74 Å². The molecule has 0 saturated heterocycles. The van der Waals surface area contributed by atoms with E-state index in [0.717, 1.165) is 21.0 Å². The summed E-state index contributed by atoms with van der Waals surface area (Å²) in [5.41, 5.74) is 7.32. The first-order chi connectivity index (χ1) is 13.6. The Morgan fingerprint density at radius 2 is 1.45 bits per heavy atom. The highest BCUT2D eigenvalue weighted by Gasteiger charge is 2.23. The lowest BCUT2D eigenvalue weighted by atomic mass is 10.1. The summed E-state index contributed by atoms with van der Waals surface area (Å²) in [5.74, 6) is -0.697. The molecule has 0 spiro atoms. The van der Waals surface area contributed by atoms with Crippen LogP contribution in [0.2, 0.25) is 0 Å². The van der Waals surface area contributed by atoms with Crippen LogP contribution in [0.4, 0.5) is 0 Å². The van der Waals surface area contributed by atoms with Crippen molar-refractivity contribution in [3.8, 4) is 5.75 Å². The number of ether oxygens (including phenoxy) is 1. The summed E-state index contributed by atoms with van der Waals surface area (Å²) in [6, 6.07) is 11.9. The molecule has 0 saturated carbocycles. The first-order valence-electron chi connectivity index (χ1n) is 8.90. The fourth-order valence-corrected chi connectivity index (χ4v) is 3.68. The van der Waals surface area contributed by atoms with Crippen LogP contribution in [-0.4, -0.2) is 44.7 Å². The second kappa shape index (κ2) is 9.53. The van der Waals surface area contributed by atoms with E-state index in [1.807, 2.05) is 26.8 Å². The third-order valence-corrected chi connectivity index (χ3v) is 5.82. The van der Waals surface area contributed by atoms with Crippen molar-refractivity contribution in [3.05, 3.63) is 59.2 Å². The number of carbonyl (C=O) groups is 2. The Balaban J connectivity index is 1.82. The number of nitrogens with one attached hydrogen (secondary N) is 2. The van der Waals surface area contributed by atoms with Crippen molar-refractivity contribution in [3.63, 3.8) is 0 Å². The van der Waals surface area contributed by atoms with Gasteiger partial charge in [0.1, 0.15) is 5.75 Å². The van der Waals surface area contributed by atoms with Gasteiger partial charge in [-0.25, -0.2) is 8.42 Å². The Morgan fingerprint density at radius 3 is 2.03 bits per heavy atom. The lowest BCUT2D eigenvalue weighted by Crippen LogP contribution is -2.48. The molecule has 0 heterocycles. The normalized spacial score (nSPS) is 11.2. The molecule has 2 aromatic rings. The quantitative estimate of drug-likeness (QED) is 0.661. The number of nitrogens with zero attached hydrogens (tertiary/aromatic N) is 1. The van der Waals surface area contributed by atoms with Crippen LogP contribution in [-0.2, 0) is 19.6 Å². The summed E-state index contributed by atoms with van der Waals surface area (Å²) in [5, 5.41) is 0. The van der Waals surface area contributed by atoms with Crippen LogP contribution in [0.25, 0.3) is 0 Å². The van der Waals surface area contributed by atoms with Crippen molar-refractivity contribution in [1.82, 2.24) is 15.2 Å². The van der Waals surface area contributed by atoms with Gasteiger partial charge >= 0.3 is 0 Å². The van der Waals surface area contributed by atoms with Crippen molar-refractivity contribution in [1.29, 1.82) is 0 Å². The summed E-state index contributed by atoms with van der Waals surface area (Å²) in [4.78, 5) is 23.9. The summed E-state index contributed by atoms with van der Waals surface area (Å²) < 4.78 is 31.2. The number of hydrogen-bond acceptors (Lipinski definition) is 5. The van der Waals surface area contributed by atoms with E-state index in [1.165, 1.54) is 19.2 Å². The lowest BCUT2D eigenvalue weighted by molar-refractivity contribution is -0.130. The smallest absolute Gasteiger partial charge is 0.276 e. The molecule has 2 rings (SSSR count). The molecule has 0 aromatic heterocycles. The Kier molecular flexibility index (Phi) is 7.35. The van der Waals surface area contributed by atoms with Crippen LogP contribution in [0, 0.1) is 20.8 Å². The SMILES string of the molecule is Cc1ccc(S(=O)(=O)N(C)CC(=O)NNC(=O)COc2cc(C)cc(C)c2)cc1. The Labute approximate surface area is 170 Å². The van der Waals surface area contributed by atoms with Crippen LogP contribution < -0.4 is 15.6 Å². The second-order valence-corrected chi connectivity index (χ2v) is 8.83. The zero-order chi connectivity index (χ0) is 21.6. The molecule has 8 nitrogen and oxygen atoms in total. The molecule has 0 aliphatic rings. The third-order valence-electron chi connectivity index (χ3n) is 4.00. The standard InChI is InChI=1S/C20H25N3O5S/c1-14-5-7-18(8-6-14)29(26,27)23(4)12-19(24)21-22-20(25)13-28-17-10-15(2)9-16(3)11-17/h5-11H,12-13H2,1-4H3,(H,21,24)(H,22,25). The van der Waals surface area contributed by atoms with Gasteiger partial charge in [-0.1, -0.05) is 23.8 Å². The van der Waals surface area contributed by atoms with Crippen molar-refractivity contribution < 1.29 is 22.7 Å². The maximum atomic E-state index is 12.5. The molecule has 29 heavy (non-hydrogen) atoms. The van der Waals surface area contributed by atoms with E-state index in [0.29, 0.717) is 5.75 Å². The molecule has 0 fully saturated rings. The summed E-state index contributed by atoms with van der Waals surface area (Å²) >= 11 is 0. The largest absolute Gasteiger partial charge is 0.484 e. The monoisotopic (exact) mass is 419 g/mol. The van der Waals surface area contributed by atoms with Gasteiger partial charge in [-0.15, -0.1) is 0 Å². The average Bonchev–Trinajstić information content (AvgIpc) is 2.64. The van der Waals surface area contributed by atoms with E-state index in [4.69, 9.17) is 4.74 Å². The van der Waals surface area contributed by atoms with E-state index < -0.39 is 28.4 Å². The van der Waals surface area contributed by atoms with E-state index in [2.05, 4.69) is 10.9 Å². The van der Waals surface area contributed by atoms with Crippen LogP contribution in [0.5, 0.6) is 5.75 Å². The molecule has 156 valence electrons. The van der Waals surface area contributed by atoms with Crippen molar-refractivity contribution in [2.45, 2.75) is 25.7 Å². The van der Waals surface area contributed by atoms with Gasteiger partial charge in [0.15, 0.2) is 6.61 Å². The van der Waals surface area contributed by atoms with Crippen LogP contribution in [0.1, 0.15) is 16.7 Å². The van der Waals surface area contributed by atoms with Crippen molar-refractivity contribution in [2.75, 3.05) is 20.2 Å². The fraction of sp³-hybridized carbons (Fsp3) is 0.300. The summed E-state index contributed by atoms with van der Waals surface area (Å²) in [6.07, 6.45) is 0. The molecule has 9 heteroatoms. The molecule has 0 unspecified atom stereocenters. The molecule has 2 amide bonds. The highest BCUT2D eigenvalue weighted by Crippen LogP contribution is 2.16. The predicted molar refractivity (Wildman–Crippen MR) is 109 cm³/mol. The number of hydrogen-bond donors (Lipinski definition) is 2. The highest BCUT2D eigenvalue weighted by molar-refractivity contribution is 7.89. The molecule has 0 atom stereocenters. The van der Waals surface area contributed by atoms with Crippen molar-refractivity contribution >= 4 is 21.8 Å². The second-order valence-electron chi connectivity index (χ2n) is 6.78. The molecule has 0 aliphatic carbocycles. The van der Waals surface area contributed by atoms with Gasteiger partial charge in [0.05, 0.1) is 11.4 Å². The summed E-state index contributed by atoms with van der Waals surface area (Å²) in [7, 11) is -2.52. The zero-order valence-electron chi connectivity index (χ0n) is 16.9. The van der Waals surface area contributed by atoms with Gasteiger partial charge in [0.25, 0.3) is 11.8 Å². The predicted octanol–water partition coefficient (Wildman–Crippen LogP) is 1.46. The van der Waals surface area contributed by atoms with Crippen LogP contribution in [0.3, 0.4) is 0 Å². The van der Waals surface area contributed by atoms with Crippen LogP contribution >= 0.6 is 0 Å². The van der Waals surface area contributed by atoms with E-state index in [1.54, 1.807) is 24.3 Å². The van der Waals surface area contributed by atoms with Gasteiger partial charge in [0.2, 0.25) is 10.0 Å². The Hall–Kier alpha value is -2.91. The number of aryl methyl sites for hydroxylation is 3. The number of sulfonamides is 1. The number of benzene rings is 2. The Morgan fingerprint density at radius 1 is 0.897 bits per heavy atom. The molecular formula is C20H25N3O5S. The minimum Gasteiger partial charge on any atom is -0.484 e. The maximum Gasteiger partial charge on any atom is 0.276 e. The van der Waals surface area contributed by atoms with E-state index in [9.17, 15) is 18.0 Å². The molecular weight excluding hydrogens is 394 g/mol. The van der Waals surface area contributed by atoms with Gasteiger partial charge in [-0.05, 0) is 56.2 Å². The van der Waals surface area contributed by atoms with Gasteiger partial charge in [-0.3, -0.25) is 20.4 Å². The highest BCUT2D eigenvalue weighted by atomic mass is 32.2. The zero-order valence-corrected chi connectivity index (χ0v) is 17.7. The van der Waals surface area contributed by atoms with Gasteiger partial charge in [-0.2, -0.15) is 4.31 Å². The summed E-state index contributed by atoms with van der Waals surface area (Å²) in [6.45, 7) is 4.94.